The third-order valence-electron chi connectivity index (χ3n) is 5.51. The Hall–Kier alpha value is -2.35. The molecule has 0 spiro atoms. The second-order valence-corrected chi connectivity index (χ2v) is 6.90. The number of esters is 1. The fourth-order valence-electron chi connectivity index (χ4n) is 4.43. The van der Waals surface area contributed by atoms with Crippen LogP contribution in [0.2, 0.25) is 0 Å². The van der Waals surface area contributed by atoms with Gasteiger partial charge in [-0.3, -0.25) is 0 Å². The van der Waals surface area contributed by atoms with Crippen LogP contribution < -0.4 is 0 Å². The van der Waals surface area contributed by atoms with Gasteiger partial charge in [-0.1, -0.05) is 48.6 Å². The van der Waals surface area contributed by atoms with Gasteiger partial charge in [0.2, 0.25) is 0 Å². The van der Waals surface area contributed by atoms with Crippen LogP contribution in [0.15, 0.2) is 54.6 Å². The number of rotatable bonds is 2. The average Bonchev–Trinajstić information content (AvgIpc) is 3.27. The van der Waals surface area contributed by atoms with Crippen LogP contribution in [0, 0.1) is 11.8 Å². The molecule has 23 heavy (non-hydrogen) atoms. The fraction of sp³-hybridized carbons (Fsp3) is 0.286. The van der Waals surface area contributed by atoms with E-state index in [4.69, 9.17) is 4.74 Å². The first-order valence-electron chi connectivity index (χ1n) is 8.39. The minimum absolute atomic E-state index is 0.0602. The molecule has 114 valence electrons. The molecule has 2 heteroatoms. The van der Waals surface area contributed by atoms with Crippen molar-refractivity contribution in [1.29, 1.82) is 0 Å². The molecule has 0 aliphatic heterocycles. The van der Waals surface area contributed by atoms with Crippen molar-refractivity contribution in [3.05, 3.63) is 71.3 Å². The highest BCUT2D eigenvalue weighted by molar-refractivity contribution is 6.00. The van der Waals surface area contributed by atoms with Gasteiger partial charge in [0.15, 0.2) is 0 Å². The van der Waals surface area contributed by atoms with E-state index in [2.05, 4.69) is 36.4 Å². The Morgan fingerprint density at radius 1 is 0.957 bits per heavy atom. The minimum atomic E-state index is -0.162. The highest BCUT2D eigenvalue weighted by atomic mass is 16.5. The number of benzene rings is 2. The SMILES string of the molecule is O=C(OC1CC2C=CC1C2)c1cccc2c1-c1ccccc1C2. The van der Waals surface area contributed by atoms with Crippen molar-refractivity contribution in [1.82, 2.24) is 0 Å². The first-order valence-corrected chi connectivity index (χ1v) is 8.39. The first-order chi connectivity index (χ1) is 11.3. The molecule has 3 aliphatic rings. The number of carbonyl (C=O) groups is 1. The van der Waals surface area contributed by atoms with Gasteiger partial charge < -0.3 is 4.74 Å². The smallest absolute Gasteiger partial charge is 0.339 e. The van der Waals surface area contributed by atoms with E-state index in [1.54, 1.807) is 0 Å². The predicted molar refractivity (Wildman–Crippen MR) is 89.2 cm³/mol. The summed E-state index contributed by atoms with van der Waals surface area (Å²) >= 11 is 0. The summed E-state index contributed by atoms with van der Waals surface area (Å²) in [6, 6.07) is 14.4. The fourth-order valence-corrected chi connectivity index (χ4v) is 4.43. The van der Waals surface area contributed by atoms with Crippen molar-refractivity contribution in [2.24, 2.45) is 11.8 Å². The minimum Gasteiger partial charge on any atom is -0.458 e. The summed E-state index contributed by atoms with van der Waals surface area (Å²) in [4.78, 5) is 12.8. The van der Waals surface area contributed by atoms with Gasteiger partial charge in [0.1, 0.15) is 6.10 Å². The topological polar surface area (TPSA) is 26.3 Å². The van der Waals surface area contributed by atoms with E-state index < -0.39 is 0 Å². The summed E-state index contributed by atoms with van der Waals surface area (Å²) in [5.74, 6) is 0.873. The Morgan fingerprint density at radius 2 is 1.83 bits per heavy atom. The van der Waals surface area contributed by atoms with E-state index in [9.17, 15) is 4.79 Å². The molecule has 1 fully saturated rings. The standard InChI is InChI=1S/C21H18O2/c22-21(23-19-11-13-8-9-15(19)10-13)18-7-3-5-16-12-14-4-1-2-6-17(14)20(16)18/h1-9,13,15,19H,10-12H2. The largest absolute Gasteiger partial charge is 0.458 e. The van der Waals surface area contributed by atoms with Gasteiger partial charge in [-0.2, -0.15) is 0 Å². The van der Waals surface area contributed by atoms with Gasteiger partial charge in [0.05, 0.1) is 5.56 Å². The van der Waals surface area contributed by atoms with Crippen LogP contribution in [-0.4, -0.2) is 12.1 Å². The van der Waals surface area contributed by atoms with E-state index in [1.807, 2.05) is 18.2 Å². The number of carbonyl (C=O) groups excluding carboxylic acids is 1. The maximum atomic E-state index is 12.8. The summed E-state index contributed by atoms with van der Waals surface area (Å²) < 4.78 is 5.88. The molecule has 0 heterocycles. The molecule has 2 nitrogen and oxygen atoms in total. The van der Waals surface area contributed by atoms with Crippen molar-refractivity contribution in [3.8, 4) is 11.1 Å². The molecule has 3 aliphatic carbocycles. The molecule has 0 saturated heterocycles. The quantitative estimate of drug-likeness (QED) is 0.519. The van der Waals surface area contributed by atoms with Crippen LogP contribution in [0.1, 0.15) is 34.3 Å². The average molecular weight is 302 g/mol. The van der Waals surface area contributed by atoms with Crippen molar-refractivity contribution in [2.45, 2.75) is 25.4 Å². The lowest BCUT2D eigenvalue weighted by Crippen LogP contribution is -2.22. The van der Waals surface area contributed by atoms with E-state index in [0.717, 1.165) is 30.4 Å². The first kappa shape index (κ1) is 13.1. The molecular weight excluding hydrogens is 284 g/mol. The zero-order valence-corrected chi connectivity index (χ0v) is 12.9. The third kappa shape index (κ3) is 1.98. The number of ether oxygens (including phenoxy) is 1. The van der Waals surface area contributed by atoms with Crippen LogP contribution in [0.25, 0.3) is 11.1 Å². The normalized spacial score (nSPS) is 26.2. The van der Waals surface area contributed by atoms with Gasteiger partial charge in [0.25, 0.3) is 0 Å². The lowest BCUT2D eigenvalue weighted by Gasteiger charge is -2.19. The molecular formula is C21H18O2. The van der Waals surface area contributed by atoms with E-state index in [0.29, 0.717) is 11.8 Å². The molecule has 2 aromatic rings. The molecule has 1 saturated carbocycles. The van der Waals surface area contributed by atoms with Crippen molar-refractivity contribution < 1.29 is 9.53 Å². The summed E-state index contributed by atoms with van der Waals surface area (Å²) in [7, 11) is 0. The number of hydrogen-bond acceptors (Lipinski definition) is 2. The zero-order valence-electron chi connectivity index (χ0n) is 12.9. The second-order valence-electron chi connectivity index (χ2n) is 6.90. The molecule has 2 bridgehead atoms. The van der Waals surface area contributed by atoms with Crippen LogP contribution >= 0.6 is 0 Å². The van der Waals surface area contributed by atoms with E-state index in [-0.39, 0.29) is 12.1 Å². The molecule has 0 amide bonds. The zero-order chi connectivity index (χ0) is 15.4. The van der Waals surface area contributed by atoms with Gasteiger partial charge >= 0.3 is 5.97 Å². The van der Waals surface area contributed by atoms with Crippen molar-refractivity contribution in [3.63, 3.8) is 0 Å². The summed E-state index contributed by atoms with van der Waals surface area (Å²) in [6.45, 7) is 0. The number of fused-ring (bicyclic) bond motifs is 5. The molecule has 0 N–H and O–H groups in total. The highest BCUT2D eigenvalue weighted by Gasteiger charge is 2.38. The molecule has 3 unspecified atom stereocenters. The van der Waals surface area contributed by atoms with Crippen LogP contribution in [-0.2, 0) is 11.2 Å². The number of hydrogen-bond donors (Lipinski definition) is 0. The Bertz CT molecular complexity index is 833. The number of allylic oxidation sites excluding steroid dienone is 1. The Balaban J connectivity index is 1.49. The van der Waals surface area contributed by atoms with Crippen molar-refractivity contribution in [2.75, 3.05) is 0 Å². The molecule has 3 atom stereocenters. The lowest BCUT2D eigenvalue weighted by molar-refractivity contribution is 0.0243. The molecule has 0 radical (unpaired) electrons. The Morgan fingerprint density at radius 3 is 2.65 bits per heavy atom. The van der Waals surface area contributed by atoms with Crippen LogP contribution in [0.4, 0.5) is 0 Å². The summed E-state index contributed by atoms with van der Waals surface area (Å²) in [5, 5.41) is 0. The van der Waals surface area contributed by atoms with E-state index in [1.165, 1.54) is 16.7 Å². The van der Waals surface area contributed by atoms with Crippen molar-refractivity contribution >= 4 is 5.97 Å². The monoisotopic (exact) mass is 302 g/mol. The Kier molecular flexibility index (Phi) is 2.75. The maximum absolute atomic E-state index is 12.8. The van der Waals surface area contributed by atoms with Crippen LogP contribution in [0.5, 0.6) is 0 Å². The molecule has 2 aromatic carbocycles. The van der Waals surface area contributed by atoms with Gasteiger partial charge in [-0.15, -0.1) is 0 Å². The molecule has 5 rings (SSSR count). The predicted octanol–water partition coefficient (Wildman–Crippen LogP) is 4.38. The van der Waals surface area contributed by atoms with Gasteiger partial charge in [0, 0.05) is 5.92 Å². The van der Waals surface area contributed by atoms with Gasteiger partial charge in [-0.25, -0.2) is 4.79 Å². The maximum Gasteiger partial charge on any atom is 0.339 e. The van der Waals surface area contributed by atoms with Gasteiger partial charge in [-0.05, 0) is 53.5 Å². The third-order valence-corrected chi connectivity index (χ3v) is 5.51. The second kappa shape index (κ2) is 4.82. The Labute approximate surface area is 135 Å². The highest BCUT2D eigenvalue weighted by Crippen LogP contribution is 2.42. The lowest BCUT2D eigenvalue weighted by atomic mass is 9.99. The molecule has 0 aromatic heterocycles. The summed E-state index contributed by atoms with van der Waals surface area (Å²) in [6.07, 6.45) is 7.59. The summed E-state index contributed by atoms with van der Waals surface area (Å²) in [5.41, 5.74) is 5.51. The van der Waals surface area contributed by atoms with Crippen LogP contribution in [0.3, 0.4) is 0 Å². The van der Waals surface area contributed by atoms with E-state index >= 15 is 0 Å².